The number of nitro benzene ring substituents is 1. The van der Waals surface area contributed by atoms with Crippen molar-refractivity contribution in [1.29, 1.82) is 0 Å². The Morgan fingerprint density at radius 2 is 2.25 bits per heavy atom. The Hall–Kier alpha value is -2.48. The van der Waals surface area contributed by atoms with E-state index in [1.54, 1.807) is 17.7 Å². The highest BCUT2D eigenvalue weighted by Crippen LogP contribution is 2.18. The van der Waals surface area contributed by atoms with Crippen LogP contribution in [0.5, 0.6) is 0 Å². The minimum absolute atomic E-state index is 0.0699. The molecule has 2 aromatic rings. The second-order valence-corrected chi connectivity index (χ2v) is 4.24. The Balaban J connectivity index is 2.23. The van der Waals surface area contributed by atoms with Gasteiger partial charge in [0.1, 0.15) is 5.82 Å². The lowest BCUT2D eigenvalue weighted by Crippen LogP contribution is -2.23. The van der Waals surface area contributed by atoms with E-state index in [4.69, 9.17) is 0 Å². The lowest BCUT2D eigenvalue weighted by Gasteiger charge is -2.17. The summed E-state index contributed by atoms with van der Waals surface area (Å²) < 4.78 is 1.57. The summed E-state index contributed by atoms with van der Waals surface area (Å²) in [6.07, 6.45) is -0.440. The predicted octanol–water partition coefficient (Wildman–Crippen LogP) is 1.29. The molecule has 0 radical (unpaired) electrons. The number of aryl methyl sites for hydroxylation is 2. The second kappa shape index (κ2) is 5.66. The van der Waals surface area contributed by atoms with E-state index in [1.165, 1.54) is 18.2 Å². The number of hydrogen-bond acceptors (Lipinski definition) is 6. The molecular weight excluding hydrogens is 262 g/mol. The average molecular weight is 277 g/mol. The Labute approximate surface area is 115 Å². The molecule has 0 spiro atoms. The largest absolute Gasteiger partial charge is 0.368 e. The van der Waals surface area contributed by atoms with Crippen molar-refractivity contribution in [3.63, 3.8) is 0 Å². The molecule has 1 unspecified atom stereocenters. The highest BCUT2D eigenvalue weighted by atomic mass is 16.6. The quantitative estimate of drug-likeness (QED) is 0.484. The van der Waals surface area contributed by atoms with E-state index in [0.29, 0.717) is 23.6 Å². The van der Waals surface area contributed by atoms with Crippen LogP contribution in [0.1, 0.15) is 30.4 Å². The van der Waals surface area contributed by atoms with E-state index in [1.807, 2.05) is 6.92 Å². The van der Waals surface area contributed by atoms with Crippen LogP contribution in [-0.2, 0) is 6.42 Å². The number of aliphatic hydroxyl groups is 1. The van der Waals surface area contributed by atoms with Crippen LogP contribution in [-0.4, -0.2) is 24.9 Å². The van der Waals surface area contributed by atoms with Crippen molar-refractivity contribution in [1.82, 2.24) is 14.9 Å². The SMILES string of the molecule is CCc1nnc(C)n1NC(O)c1cccc([N+](=O)[O-])c1. The van der Waals surface area contributed by atoms with E-state index in [0.717, 1.165) is 0 Å². The fourth-order valence-corrected chi connectivity index (χ4v) is 1.81. The molecule has 2 rings (SSSR count). The molecule has 1 aromatic heterocycles. The number of aliphatic hydroxyl groups excluding tert-OH is 1. The first kappa shape index (κ1) is 13.9. The first-order valence-electron chi connectivity index (χ1n) is 6.12. The zero-order valence-corrected chi connectivity index (χ0v) is 11.1. The molecule has 0 aliphatic heterocycles. The fourth-order valence-electron chi connectivity index (χ4n) is 1.81. The predicted molar refractivity (Wildman–Crippen MR) is 71.6 cm³/mol. The molecule has 106 valence electrons. The van der Waals surface area contributed by atoms with Crippen LogP contribution in [0.25, 0.3) is 0 Å². The van der Waals surface area contributed by atoms with Crippen LogP contribution in [0.15, 0.2) is 24.3 Å². The zero-order chi connectivity index (χ0) is 14.7. The first-order valence-corrected chi connectivity index (χ1v) is 6.12. The lowest BCUT2D eigenvalue weighted by atomic mass is 10.2. The monoisotopic (exact) mass is 277 g/mol. The molecule has 0 bridgehead atoms. The maximum absolute atomic E-state index is 10.7. The number of rotatable bonds is 5. The van der Waals surface area contributed by atoms with Crippen molar-refractivity contribution in [2.24, 2.45) is 0 Å². The molecule has 8 heteroatoms. The maximum Gasteiger partial charge on any atom is 0.269 e. The minimum Gasteiger partial charge on any atom is -0.368 e. The molecule has 0 saturated carbocycles. The van der Waals surface area contributed by atoms with Crippen molar-refractivity contribution < 1.29 is 10.0 Å². The molecule has 1 atom stereocenters. The summed E-state index contributed by atoms with van der Waals surface area (Å²) in [5.41, 5.74) is 3.14. The topological polar surface area (TPSA) is 106 Å². The smallest absolute Gasteiger partial charge is 0.269 e. The third-order valence-electron chi connectivity index (χ3n) is 2.86. The number of nitro groups is 1. The van der Waals surface area contributed by atoms with Gasteiger partial charge in [0.05, 0.1) is 4.92 Å². The van der Waals surface area contributed by atoms with Crippen LogP contribution in [0.3, 0.4) is 0 Å². The summed E-state index contributed by atoms with van der Waals surface area (Å²) in [5.74, 6) is 1.28. The van der Waals surface area contributed by atoms with Gasteiger partial charge in [-0.3, -0.25) is 15.5 Å². The highest BCUT2D eigenvalue weighted by Gasteiger charge is 2.15. The van der Waals surface area contributed by atoms with Crippen molar-refractivity contribution >= 4 is 5.69 Å². The molecule has 1 heterocycles. The summed E-state index contributed by atoms with van der Waals surface area (Å²) in [6, 6.07) is 5.83. The lowest BCUT2D eigenvalue weighted by molar-refractivity contribution is -0.385. The summed E-state index contributed by atoms with van der Waals surface area (Å²) >= 11 is 0. The van der Waals surface area contributed by atoms with Gasteiger partial charge in [0.25, 0.3) is 5.69 Å². The van der Waals surface area contributed by atoms with Crippen LogP contribution in [0, 0.1) is 17.0 Å². The Morgan fingerprint density at radius 1 is 1.50 bits per heavy atom. The Bertz CT molecular complexity index is 625. The molecule has 8 nitrogen and oxygen atoms in total. The summed E-state index contributed by atoms with van der Waals surface area (Å²) in [7, 11) is 0. The van der Waals surface area contributed by atoms with E-state index in [9.17, 15) is 15.2 Å². The van der Waals surface area contributed by atoms with Gasteiger partial charge in [-0.25, -0.2) is 4.68 Å². The summed E-state index contributed by atoms with van der Waals surface area (Å²) in [5, 5.41) is 28.7. The van der Waals surface area contributed by atoms with E-state index < -0.39 is 11.2 Å². The van der Waals surface area contributed by atoms with E-state index in [-0.39, 0.29) is 5.69 Å². The number of hydrogen-bond donors (Lipinski definition) is 2. The zero-order valence-electron chi connectivity index (χ0n) is 11.1. The van der Waals surface area contributed by atoms with E-state index in [2.05, 4.69) is 15.6 Å². The molecule has 0 aliphatic carbocycles. The third kappa shape index (κ3) is 2.75. The number of nitrogens with one attached hydrogen (secondary N) is 1. The number of benzene rings is 1. The van der Waals surface area contributed by atoms with Gasteiger partial charge in [-0.15, -0.1) is 10.2 Å². The van der Waals surface area contributed by atoms with Crippen molar-refractivity contribution in [3.8, 4) is 0 Å². The summed E-state index contributed by atoms with van der Waals surface area (Å²) in [4.78, 5) is 10.2. The first-order chi connectivity index (χ1) is 9.52. The number of aromatic nitrogens is 3. The van der Waals surface area contributed by atoms with Gasteiger partial charge in [-0.1, -0.05) is 19.1 Å². The maximum atomic E-state index is 10.7. The molecule has 0 saturated heterocycles. The minimum atomic E-state index is -1.09. The Morgan fingerprint density at radius 3 is 2.90 bits per heavy atom. The van der Waals surface area contributed by atoms with Gasteiger partial charge in [0.15, 0.2) is 12.1 Å². The van der Waals surface area contributed by atoms with Gasteiger partial charge < -0.3 is 5.11 Å². The number of non-ortho nitro benzene ring substituents is 1. The van der Waals surface area contributed by atoms with Crippen molar-refractivity contribution in [2.75, 3.05) is 5.43 Å². The summed E-state index contributed by atoms with van der Waals surface area (Å²) in [6.45, 7) is 3.67. The molecule has 0 fully saturated rings. The van der Waals surface area contributed by atoms with Gasteiger partial charge in [0, 0.05) is 24.1 Å². The molecule has 1 aromatic carbocycles. The van der Waals surface area contributed by atoms with E-state index >= 15 is 0 Å². The number of nitrogens with zero attached hydrogens (tertiary/aromatic N) is 4. The van der Waals surface area contributed by atoms with Gasteiger partial charge in [0.2, 0.25) is 0 Å². The van der Waals surface area contributed by atoms with Crippen molar-refractivity contribution in [2.45, 2.75) is 26.5 Å². The molecule has 20 heavy (non-hydrogen) atoms. The normalized spacial score (nSPS) is 12.2. The average Bonchev–Trinajstić information content (AvgIpc) is 2.79. The van der Waals surface area contributed by atoms with Crippen molar-refractivity contribution in [3.05, 3.63) is 51.6 Å². The Kier molecular flexibility index (Phi) is 3.94. The van der Waals surface area contributed by atoms with Crippen LogP contribution >= 0.6 is 0 Å². The van der Waals surface area contributed by atoms with Gasteiger partial charge >= 0.3 is 0 Å². The molecule has 2 N–H and O–H groups in total. The fraction of sp³-hybridized carbons (Fsp3) is 0.333. The molecule has 0 aliphatic rings. The van der Waals surface area contributed by atoms with Crippen LogP contribution < -0.4 is 5.43 Å². The highest BCUT2D eigenvalue weighted by molar-refractivity contribution is 5.35. The second-order valence-electron chi connectivity index (χ2n) is 4.24. The third-order valence-corrected chi connectivity index (χ3v) is 2.86. The molecular formula is C12H15N5O3. The van der Waals surface area contributed by atoms with Crippen LogP contribution in [0.4, 0.5) is 5.69 Å². The van der Waals surface area contributed by atoms with Gasteiger partial charge in [-0.05, 0) is 6.92 Å². The van der Waals surface area contributed by atoms with Gasteiger partial charge in [-0.2, -0.15) is 0 Å². The molecule has 0 amide bonds. The standard InChI is InChI=1S/C12H15N5O3/c1-3-11-14-13-8(2)16(11)15-12(18)9-5-4-6-10(7-9)17(19)20/h4-7,12,15,18H,3H2,1-2H3. The van der Waals surface area contributed by atoms with Crippen LogP contribution in [0.2, 0.25) is 0 Å².